The van der Waals surface area contributed by atoms with Crippen LogP contribution in [-0.4, -0.2) is 82.5 Å². The van der Waals surface area contributed by atoms with E-state index in [4.69, 9.17) is 0 Å². The number of nitrogens with zero attached hydrogens (tertiary/aromatic N) is 1. The van der Waals surface area contributed by atoms with Gasteiger partial charge in [0.25, 0.3) is 0 Å². The first-order valence-corrected chi connectivity index (χ1v) is 12.2. The molecule has 1 saturated heterocycles. The third-order valence-corrected chi connectivity index (χ3v) is 5.87. The van der Waals surface area contributed by atoms with Crippen LogP contribution in [0.1, 0.15) is 65.7 Å². The largest absolute Gasteiger partial charge is 0.550 e. The van der Waals surface area contributed by atoms with E-state index in [0.29, 0.717) is 0 Å². The summed E-state index contributed by atoms with van der Waals surface area (Å²) in [5, 5.41) is 36.8. The van der Waals surface area contributed by atoms with E-state index in [1.165, 1.54) is 6.92 Å². The predicted molar refractivity (Wildman–Crippen MR) is 123 cm³/mol. The van der Waals surface area contributed by atoms with Crippen LogP contribution in [-0.2, 0) is 33.6 Å². The molecule has 1 heterocycles. The minimum Gasteiger partial charge on any atom is -0.550 e. The van der Waals surface area contributed by atoms with Crippen molar-refractivity contribution in [3.8, 4) is 0 Å². The van der Waals surface area contributed by atoms with Gasteiger partial charge in [-0.15, -0.1) is 0 Å². The van der Waals surface area contributed by atoms with Crippen LogP contribution in [0.2, 0.25) is 0 Å². The number of hydrogen-bond donors (Lipinski definition) is 3. The number of hydrogen-bond acceptors (Lipinski definition) is 10. The van der Waals surface area contributed by atoms with Crippen molar-refractivity contribution < 1.29 is 48.9 Å². The van der Waals surface area contributed by atoms with Gasteiger partial charge in [-0.3, -0.25) is 19.2 Å². The summed E-state index contributed by atoms with van der Waals surface area (Å²) in [5.74, 6) is -7.14. The Kier molecular flexibility index (Phi) is 12.9. The predicted octanol–water partition coefficient (Wildman–Crippen LogP) is -3.18. The fourth-order valence-electron chi connectivity index (χ4n) is 4.00. The molecule has 208 valence electrons. The van der Waals surface area contributed by atoms with Crippen LogP contribution in [0, 0.1) is 11.8 Å². The number of rotatable bonds is 16. The van der Waals surface area contributed by atoms with Crippen LogP contribution in [0.4, 0.5) is 0 Å². The first-order valence-electron chi connectivity index (χ1n) is 12.2. The minimum atomic E-state index is -1.60. The average molecular weight is 526 g/mol. The molecule has 0 aromatic heterocycles. The van der Waals surface area contributed by atoms with Gasteiger partial charge in [0.15, 0.2) is 5.78 Å². The van der Waals surface area contributed by atoms with Crippen molar-refractivity contribution in [2.75, 3.05) is 13.1 Å². The number of carboxylic acid groups (broad SMARTS) is 2. The second-order valence-corrected chi connectivity index (χ2v) is 9.73. The Bertz CT molecular complexity index is 888. The zero-order chi connectivity index (χ0) is 28.3. The van der Waals surface area contributed by atoms with Gasteiger partial charge in [-0.25, -0.2) is 0 Å². The van der Waals surface area contributed by atoms with Gasteiger partial charge in [0.2, 0.25) is 17.7 Å². The van der Waals surface area contributed by atoms with E-state index in [1.807, 2.05) is 13.8 Å². The van der Waals surface area contributed by atoms with Crippen molar-refractivity contribution >= 4 is 41.2 Å². The van der Waals surface area contributed by atoms with Crippen LogP contribution in [0.25, 0.3) is 0 Å². The third-order valence-electron chi connectivity index (χ3n) is 5.87. The smallest absolute Gasteiger partial charge is 0.245 e. The molecule has 0 radical (unpaired) electrons. The van der Waals surface area contributed by atoms with Gasteiger partial charge in [0, 0.05) is 50.1 Å². The highest BCUT2D eigenvalue weighted by Crippen LogP contribution is 2.21. The molecule has 13 nitrogen and oxygen atoms in total. The van der Waals surface area contributed by atoms with Crippen LogP contribution in [0.15, 0.2) is 0 Å². The maximum Gasteiger partial charge on any atom is 0.245 e. The lowest BCUT2D eigenvalue weighted by atomic mass is 9.97. The number of aliphatic carboxylic acids is 2. The summed E-state index contributed by atoms with van der Waals surface area (Å²) in [5.41, 5.74) is 0. The van der Waals surface area contributed by atoms with E-state index in [0.717, 1.165) is 4.90 Å². The second kappa shape index (κ2) is 15.0. The van der Waals surface area contributed by atoms with Gasteiger partial charge < -0.3 is 45.2 Å². The molecule has 0 aromatic rings. The summed E-state index contributed by atoms with van der Waals surface area (Å²) in [7, 11) is 0. The van der Waals surface area contributed by atoms with Crippen LogP contribution in [0.5, 0.6) is 0 Å². The molecule has 37 heavy (non-hydrogen) atoms. The lowest BCUT2D eigenvalue weighted by molar-refractivity contribution is -0.313. The Labute approximate surface area is 215 Å². The van der Waals surface area contributed by atoms with Gasteiger partial charge in [0.05, 0.1) is 12.6 Å². The van der Waals surface area contributed by atoms with Crippen molar-refractivity contribution in [2.24, 2.45) is 11.8 Å². The normalized spacial score (nSPS) is 18.7. The minimum absolute atomic E-state index is 0.00643. The van der Waals surface area contributed by atoms with Crippen LogP contribution < -0.4 is 20.8 Å². The number of carboxylic acids is 2. The summed E-state index contributed by atoms with van der Waals surface area (Å²) in [4.78, 5) is 84.5. The Morgan fingerprint density at radius 3 is 2.22 bits per heavy atom. The number of aliphatic hydroxyl groups is 1. The molecule has 0 aromatic carbocycles. The van der Waals surface area contributed by atoms with Gasteiger partial charge in [-0.1, -0.05) is 13.8 Å². The Balaban J connectivity index is 2.83. The number of aliphatic hydroxyl groups excluding tert-OH is 1. The number of amides is 3. The Morgan fingerprint density at radius 2 is 1.68 bits per heavy atom. The molecule has 13 heteroatoms. The SMILES string of the molecule is CC(=O)CCC(=O)N[C@@H](CC(C)C)C(=O)N1C[C@@H](O)C[C@H]1C(=O)NCC(=O)C[C@@H](CCC(=O)[O-])C(=O)[O-]. The quantitative estimate of drug-likeness (QED) is 0.184. The molecule has 0 bridgehead atoms. The van der Waals surface area contributed by atoms with Crippen LogP contribution in [0.3, 0.4) is 0 Å². The molecule has 4 atom stereocenters. The van der Waals surface area contributed by atoms with E-state index in [2.05, 4.69) is 10.6 Å². The monoisotopic (exact) mass is 525 g/mol. The summed E-state index contributed by atoms with van der Waals surface area (Å²) in [6.45, 7) is 4.28. The fraction of sp³-hybridized carbons (Fsp3) is 0.708. The lowest BCUT2D eigenvalue weighted by Crippen LogP contribution is -2.54. The Morgan fingerprint density at radius 1 is 1.03 bits per heavy atom. The highest BCUT2D eigenvalue weighted by molar-refractivity contribution is 5.95. The van der Waals surface area contributed by atoms with Gasteiger partial charge in [-0.2, -0.15) is 0 Å². The molecule has 3 amide bonds. The fourth-order valence-corrected chi connectivity index (χ4v) is 4.00. The molecule has 0 spiro atoms. The molecule has 3 N–H and O–H groups in total. The zero-order valence-electron chi connectivity index (χ0n) is 21.3. The number of Topliss-reactive ketones (excluding diaryl/α,β-unsaturated/α-hetero) is 2. The number of carbonyl (C=O) groups is 7. The first kappa shape index (κ1) is 31.7. The van der Waals surface area contributed by atoms with Crippen molar-refractivity contribution in [3.63, 3.8) is 0 Å². The zero-order valence-corrected chi connectivity index (χ0v) is 21.3. The van der Waals surface area contributed by atoms with E-state index < -0.39 is 78.9 Å². The highest BCUT2D eigenvalue weighted by Gasteiger charge is 2.41. The number of β-amino-alcohol motifs (C(OH)–C–C–N with tert-alkyl or cyclic N) is 1. The molecule has 0 aliphatic carbocycles. The molecule has 0 unspecified atom stereocenters. The topological polar surface area (TPSA) is 213 Å². The third kappa shape index (κ3) is 11.5. The van der Waals surface area contributed by atoms with Crippen molar-refractivity contribution in [2.45, 2.75) is 83.9 Å². The average Bonchev–Trinajstić information content (AvgIpc) is 3.18. The van der Waals surface area contributed by atoms with E-state index in [9.17, 15) is 48.9 Å². The van der Waals surface area contributed by atoms with Crippen LogP contribution >= 0.6 is 0 Å². The second-order valence-electron chi connectivity index (χ2n) is 9.73. The number of ketones is 2. The molecule has 1 aliphatic heterocycles. The standard InChI is InChI=1S/C24H37N3O10/c1-13(2)8-18(26-20(31)6-4-14(3)28)23(35)27-12-17(30)10-19(27)22(34)25-11-16(29)9-15(24(36)37)5-7-21(32)33/h13,15,17-19,30H,4-12H2,1-3H3,(H,25,34)(H,26,31)(H,32,33)(H,36,37)/p-2/t15-,17+,18+,19+/m1/s1. The molecule has 1 fully saturated rings. The molecular weight excluding hydrogens is 490 g/mol. The molecule has 1 aliphatic rings. The maximum absolute atomic E-state index is 13.3. The molecule has 1 rings (SSSR count). The first-order chi connectivity index (χ1) is 17.2. The summed E-state index contributed by atoms with van der Waals surface area (Å²) < 4.78 is 0. The van der Waals surface area contributed by atoms with Gasteiger partial charge in [0.1, 0.15) is 17.9 Å². The Hall–Kier alpha value is -3.35. The van der Waals surface area contributed by atoms with Crippen molar-refractivity contribution in [1.82, 2.24) is 15.5 Å². The van der Waals surface area contributed by atoms with E-state index >= 15 is 0 Å². The van der Waals surface area contributed by atoms with Gasteiger partial charge >= 0.3 is 0 Å². The summed E-state index contributed by atoms with van der Waals surface area (Å²) >= 11 is 0. The van der Waals surface area contributed by atoms with E-state index in [1.54, 1.807) is 0 Å². The van der Waals surface area contributed by atoms with Crippen molar-refractivity contribution in [1.29, 1.82) is 0 Å². The number of likely N-dealkylation sites (tertiary alicyclic amines) is 1. The molecule has 0 saturated carbocycles. The van der Waals surface area contributed by atoms with E-state index in [-0.39, 0.29) is 50.4 Å². The number of carbonyl (C=O) groups excluding carboxylic acids is 7. The maximum atomic E-state index is 13.3. The van der Waals surface area contributed by atoms with Crippen molar-refractivity contribution in [3.05, 3.63) is 0 Å². The highest BCUT2D eigenvalue weighted by atomic mass is 16.4. The summed E-state index contributed by atoms with van der Waals surface area (Å²) in [6, 6.07) is -2.12. The lowest BCUT2D eigenvalue weighted by Gasteiger charge is -2.29. The summed E-state index contributed by atoms with van der Waals surface area (Å²) in [6.07, 6.45) is -2.45. The molecular formula is C24H35N3O10-2. The van der Waals surface area contributed by atoms with Gasteiger partial charge in [-0.05, 0) is 32.1 Å². The number of nitrogens with one attached hydrogen (secondary N) is 2.